The average Bonchev–Trinajstić information content (AvgIpc) is 2.06. The summed E-state index contributed by atoms with van der Waals surface area (Å²) in [6.07, 6.45) is 0. The molecule has 1 aromatic carbocycles. The SMILES string of the molecule is C[Si](C)(C)CCOc1ccccc1Br. The van der Waals surface area contributed by atoms with Gasteiger partial charge in [-0.15, -0.1) is 0 Å². The van der Waals surface area contributed by atoms with Crippen molar-refractivity contribution in [2.45, 2.75) is 25.7 Å². The highest BCUT2D eigenvalue weighted by atomic mass is 79.9. The fraction of sp³-hybridized carbons (Fsp3) is 0.455. The van der Waals surface area contributed by atoms with Crippen LogP contribution in [0.2, 0.25) is 25.7 Å². The Kier molecular flexibility index (Phi) is 4.20. The molecule has 1 rings (SSSR count). The Balaban J connectivity index is 2.43. The van der Waals surface area contributed by atoms with Gasteiger partial charge in [-0.3, -0.25) is 0 Å². The maximum atomic E-state index is 5.70. The minimum Gasteiger partial charge on any atom is -0.493 e. The summed E-state index contributed by atoms with van der Waals surface area (Å²) in [6, 6.07) is 9.19. The molecule has 0 aliphatic carbocycles. The molecule has 0 saturated heterocycles. The Morgan fingerprint density at radius 3 is 2.43 bits per heavy atom. The summed E-state index contributed by atoms with van der Waals surface area (Å²) in [5.74, 6) is 0.950. The normalized spacial score (nSPS) is 11.4. The summed E-state index contributed by atoms with van der Waals surface area (Å²) in [5.41, 5.74) is 0. The maximum absolute atomic E-state index is 5.70. The van der Waals surface area contributed by atoms with Crippen molar-refractivity contribution in [3.05, 3.63) is 28.7 Å². The lowest BCUT2D eigenvalue weighted by molar-refractivity contribution is 0.336. The lowest BCUT2D eigenvalue weighted by atomic mass is 10.3. The molecule has 0 radical (unpaired) electrons. The van der Waals surface area contributed by atoms with Crippen LogP contribution < -0.4 is 4.74 Å². The Labute approximate surface area is 95.6 Å². The van der Waals surface area contributed by atoms with E-state index in [0.29, 0.717) is 0 Å². The van der Waals surface area contributed by atoms with Gasteiger partial charge in [-0.2, -0.15) is 0 Å². The van der Waals surface area contributed by atoms with E-state index in [2.05, 4.69) is 35.6 Å². The van der Waals surface area contributed by atoms with Crippen LogP contribution in [0, 0.1) is 0 Å². The van der Waals surface area contributed by atoms with Crippen molar-refractivity contribution in [1.29, 1.82) is 0 Å². The average molecular weight is 273 g/mol. The monoisotopic (exact) mass is 272 g/mol. The molecular formula is C11H17BrOSi. The standard InChI is InChI=1S/C11H17BrOSi/c1-14(2,3)9-8-13-11-7-5-4-6-10(11)12/h4-7H,8-9H2,1-3H3. The molecule has 0 aliphatic rings. The second-order valence-electron chi connectivity index (χ2n) is 4.59. The van der Waals surface area contributed by atoms with Gasteiger partial charge in [-0.05, 0) is 34.1 Å². The number of para-hydroxylation sites is 1. The third-order valence-corrected chi connectivity index (χ3v) is 4.31. The molecule has 1 nitrogen and oxygen atoms in total. The van der Waals surface area contributed by atoms with Crippen LogP contribution >= 0.6 is 15.9 Å². The van der Waals surface area contributed by atoms with E-state index in [9.17, 15) is 0 Å². The fourth-order valence-corrected chi connectivity index (χ4v) is 2.14. The first-order valence-electron chi connectivity index (χ1n) is 4.86. The van der Waals surface area contributed by atoms with Gasteiger partial charge in [0.2, 0.25) is 0 Å². The predicted octanol–water partition coefficient (Wildman–Crippen LogP) is 4.17. The van der Waals surface area contributed by atoms with Gasteiger partial charge in [-0.25, -0.2) is 0 Å². The number of hydrogen-bond acceptors (Lipinski definition) is 1. The number of halogens is 1. The van der Waals surface area contributed by atoms with Crippen molar-refractivity contribution in [2.75, 3.05) is 6.61 Å². The Morgan fingerprint density at radius 2 is 1.86 bits per heavy atom. The number of hydrogen-bond donors (Lipinski definition) is 0. The second kappa shape index (κ2) is 4.98. The molecule has 3 heteroatoms. The van der Waals surface area contributed by atoms with Crippen LogP contribution in [-0.2, 0) is 0 Å². The lowest BCUT2D eigenvalue weighted by Crippen LogP contribution is -2.22. The van der Waals surface area contributed by atoms with Gasteiger partial charge in [0, 0.05) is 8.07 Å². The van der Waals surface area contributed by atoms with Gasteiger partial charge < -0.3 is 4.74 Å². The third kappa shape index (κ3) is 4.29. The lowest BCUT2D eigenvalue weighted by Gasteiger charge is -2.16. The van der Waals surface area contributed by atoms with Crippen LogP contribution in [0.15, 0.2) is 28.7 Å². The highest BCUT2D eigenvalue weighted by Crippen LogP contribution is 2.24. The van der Waals surface area contributed by atoms with Crippen LogP contribution in [0.1, 0.15) is 0 Å². The largest absolute Gasteiger partial charge is 0.493 e. The molecule has 0 spiro atoms. The molecule has 0 N–H and O–H groups in total. The zero-order valence-electron chi connectivity index (χ0n) is 9.01. The van der Waals surface area contributed by atoms with E-state index in [1.54, 1.807) is 0 Å². The molecule has 0 bridgehead atoms. The van der Waals surface area contributed by atoms with Gasteiger partial charge in [-0.1, -0.05) is 31.8 Å². The van der Waals surface area contributed by atoms with Crippen LogP contribution in [0.25, 0.3) is 0 Å². The highest BCUT2D eigenvalue weighted by molar-refractivity contribution is 9.10. The summed E-state index contributed by atoms with van der Waals surface area (Å²) in [6.45, 7) is 7.90. The van der Waals surface area contributed by atoms with Crippen LogP contribution in [-0.4, -0.2) is 14.7 Å². The van der Waals surface area contributed by atoms with Gasteiger partial charge >= 0.3 is 0 Å². The molecule has 78 valence electrons. The van der Waals surface area contributed by atoms with Gasteiger partial charge in [0.25, 0.3) is 0 Å². The van der Waals surface area contributed by atoms with Crippen molar-refractivity contribution in [1.82, 2.24) is 0 Å². The maximum Gasteiger partial charge on any atom is 0.133 e. The number of ether oxygens (including phenoxy) is 1. The van der Waals surface area contributed by atoms with E-state index in [4.69, 9.17) is 4.74 Å². The third-order valence-electron chi connectivity index (χ3n) is 1.95. The quantitative estimate of drug-likeness (QED) is 0.748. The second-order valence-corrected chi connectivity index (χ2v) is 11.1. The van der Waals surface area contributed by atoms with Crippen LogP contribution in [0.5, 0.6) is 5.75 Å². The van der Waals surface area contributed by atoms with Crippen LogP contribution in [0.3, 0.4) is 0 Å². The Bertz CT molecular complexity index is 294. The zero-order valence-corrected chi connectivity index (χ0v) is 11.6. The first-order valence-corrected chi connectivity index (χ1v) is 9.36. The minimum atomic E-state index is -0.969. The Hall–Kier alpha value is -0.283. The van der Waals surface area contributed by atoms with E-state index in [-0.39, 0.29) is 0 Å². The molecule has 0 unspecified atom stereocenters. The molecule has 1 aromatic rings. The molecule has 0 aliphatic heterocycles. The summed E-state index contributed by atoms with van der Waals surface area (Å²) < 4.78 is 6.74. The molecule has 0 aromatic heterocycles. The highest BCUT2D eigenvalue weighted by Gasteiger charge is 2.12. The molecule has 0 saturated carbocycles. The van der Waals surface area contributed by atoms with Crippen LogP contribution in [0.4, 0.5) is 0 Å². The van der Waals surface area contributed by atoms with E-state index in [1.165, 1.54) is 6.04 Å². The minimum absolute atomic E-state index is 0.832. The zero-order chi connectivity index (χ0) is 10.6. The van der Waals surface area contributed by atoms with Crippen molar-refractivity contribution in [3.8, 4) is 5.75 Å². The Morgan fingerprint density at radius 1 is 1.21 bits per heavy atom. The first-order chi connectivity index (χ1) is 6.49. The molecule has 0 atom stereocenters. The number of rotatable bonds is 4. The van der Waals surface area contributed by atoms with E-state index < -0.39 is 8.07 Å². The smallest absolute Gasteiger partial charge is 0.133 e. The van der Waals surface area contributed by atoms with Gasteiger partial charge in [0.05, 0.1) is 11.1 Å². The van der Waals surface area contributed by atoms with Crippen molar-refractivity contribution < 1.29 is 4.74 Å². The van der Waals surface area contributed by atoms with E-state index in [0.717, 1.165) is 16.8 Å². The molecule has 0 fully saturated rings. The van der Waals surface area contributed by atoms with Crippen molar-refractivity contribution in [3.63, 3.8) is 0 Å². The molecular weight excluding hydrogens is 256 g/mol. The summed E-state index contributed by atoms with van der Waals surface area (Å²) >= 11 is 3.46. The molecule has 0 heterocycles. The summed E-state index contributed by atoms with van der Waals surface area (Å²) in [5, 5.41) is 0. The molecule has 0 amide bonds. The van der Waals surface area contributed by atoms with Crippen molar-refractivity contribution >= 4 is 24.0 Å². The van der Waals surface area contributed by atoms with E-state index >= 15 is 0 Å². The van der Waals surface area contributed by atoms with Gasteiger partial charge in [0.15, 0.2) is 0 Å². The van der Waals surface area contributed by atoms with Gasteiger partial charge in [0.1, 0.15) is 5.75 Å². The summed E-state index contributed by atoms with van der Waals surface area (Å²) in [7, 11) is -0.969. The number of benzene rings is 1. The van der Waals surface area contributed by atoms with Crippen molar-refractivity contribution in [2.24, 2.45) is 0 Å². The molecule has 14 heavy (non-hydrogen) atoms. The van der Waals surface area contributed by atoms with E-state index in [1.807, 2.05) is 24.3 Å². The fourth-order valence-electron chi connectivity index (χ4n) is 1.03. The predicted molar refractivity (Wildman–Crippen MR) is 67.8 cm³/mol. The topological polar surface area (TPSA) is 9.23 Å². The first kappa shape index (κ1) is 11.8. The summed E-state index contributed by atoms with van der Waals surface area (Å²) in [4.78, 5) is 0.